The first-order valence-electron chi connectivity index (χ1n) is 6.63. The predicted molar refractivity (Wildman–Crippen MR) is 81.2 cm³/mol. The molecule has 0 saturated carbocycles. The van der Waals surface area contributed by atoms with Crippen LogP contribution in [0.15, 0.2) is 43.5 Å². The van der Waals surface area contributed by atoms with Gasteiger partial charge in [0.1, 0.15) is 0 Å². The monoisotopic (exact) mass is 444 g/mol. The van der Waals surface area contributed by atoms with E-state index in [1.54, 1.807) is 19.1 Å². The SMILES string of the molecule is C=CCCC[O-].C=CCCC[O-].[C-]1=CC=CC1.[CH2-]C.[Hf+4]. The maximum atomic E-state index is 9.64. The van der Waals surface area contributed by atoms with E-state index < -0.39 is 0 Å². The van der Waals surface area contributed by atoms with E-state index in [2.05, 4.69) is 32.2 Å². The van der Waals surface area contributed by atoms with Crippen LogP contribution in [0.25, 0.3) is 0 Å². The van der Waals surface area contributed by atoms with Gasteiger partial charge >= 0.3 is 25.8 Å². The smallest absolute Gasteiger partial charge is 0.854 e. The Morgan fingerprint density at radius 3 is 1.65 bits per heavy atom. The third-order valence-corrected chi connectivity index (χ3v) is 1.69. The van der Waals surface area contributed by atoms with Crippen molar-refractivity contribution in [1.29, 1.82) is 0 Å². The van der Waals surface area contributed by atoms with E-state index in [9.17, 15) is 10.2 Å². The van der Waals surface area contributed by atoms with Crippen LogP contribution >= 0.6 is 0 Å². The van der Waals surface area contributed by atoms with Gasteiger partial charge in [0, 0.05) is 0 Å². The molecular weight excluding hydrogens is 415 g/mol. The number of hydrogen-bond acceptors (Lipinski definition) is 2. The van der Waals surface area contributed by atoms with E-state index >= 15 is 0 Å². The van der Waals surface area contributed by atoms with Gasteiger partial charge in [-0.25, -0.2) is 12.2 Å². The molecule has 20 heavy (non-hydrogen) atoms. The van der Waals surface area contributed by atoms with E-state index in [1.165, 1.54) is 0 Å². The summed E-state index contributed by atoms with van der Waals surface area (Å²) in [4.78, 5) is 0. The van der Waals surface area contributed by atoms with Crippen molar-refractivity contribution >= 4 is 0 Å². The minimum absolute atomic E-state index is 0. The molecule has 0 saturated heterocycles. The summed E-state index contributed by atoms with van der Waals surface area (Å²) >= 11 is 0. The Labute approximate surface area is 144 Å². The average Bonchev–Trinajstić information content (AvgIpc) is 3.05. The Hall–Kier alpha value is -0.250. The largest absolute Gasteiger partial charge is 4.00 e. The van der Waals surface area contributed by atoms with Gasteiger partial charge in [-0.05, 0) is 12.8 Å². The van der Waals surface area contributed by atoms with Gasteiger partial charge in [-0.3, -0.25) is 6.08 Å². The van der Waals surface area contributed by atoms with Crippen LogP contribution in [-0.4, -0.2) is 13.2 Å². The van der Waals surface area contributed by atoms with Crippen molar-refractivity contribution in [2.45, 2.75) is 39.0 Å². The first kappa shape index (κ1) is 28.0. The van der Waals surface area contributed by atoms with Crippen molar-refractivity contribution < 1.29 is 36.1 Å². The third kappa shape index (κ3) is 43.1. The number of rotatable bonds is 6. The fraction of sp³-hybridized carbons (Fsp3) is 0.471. The molecule has 0 aliphatic heterocycles. The Kier molecular flexibility index (Phi) is 50.9. The molecule has 0 aromatic carbocycles. The molecule has 0 aromatic rings. The zero-order valence-corrected chi connectivity index (χ0v) is 16.4. The molecule has 0 atom stereocenters. The van der Waals surface area contributed by atoms with Crippen molar-refractivity contribution in [3.8, 4) is 0 Å². The predicted octanol–water partition coefficient (Wildman–Crippen LogP) is 2.77. The van der Waals surface area contributed by atoms with Crippen molar-refractivity contribution in [2.24, 2.45) is 0 Å². The topological polar surface area (TPSA) is 46.1 Å². The zero-order valence-electron chi connectivity index (χ0n) is 12.8. The maximum Gasteiger partial charge on any atom is 4.00 e. The van der Waals surface area contributed by atoms with E-state index in [4.69, 9.17) is 0 Å². The first-order valence-corrected chi connectivity index (χ1v) is 6.63. The first-order chi connectivity index (χ1) is 9.33. The molecule has 0 fully saturated rings. The minimum atomic E-state index is 0. The van der Waals surface area contributed by atoms with Gasteiger partial charge in [0.15, 0.2) is 0 Å². The summed E-state index contributed by atoms with van der Waals surface area (Å²) in [6, 6.07) is 0. The molecule has 1 rings (SSSR count). The van der Waals surface area contributed by atoms with Crippen LogP contribution in [0.1, 0.15) is 39.0 Å². The Morgan fingerprint density at radius 1 is 1.10 bits per heavy atom. The summed E-state index contributed by atoms with van der Waals surface area (Å²) in [6.45, 7) is 12.0. The fourth-order valence-corrected chi connectivity index (χ4v) is 0.796. The average molecular weight is 443 g/mol. The summed E-state index contributed by atoms with van der Waals surface area (Å²) in [7, 11) is 0. The van der Waals surface area contributed by atoms with Gasteiger partial charge in [-0.1, -0.05) is 25.0 Å². The fourth-order valence-electron chi connectivity index (χ4n) is 0.796. The van der Waals surface area contributed by atoms with Crippen LogP contribution in [-0.2, 0) is 25.8 Å². The molecule has 0 radical (unpaired) electrons. The molecule has 0 heterocycles. The van der Waals surface area contributed by atoms with Gasteiger partial charge in [0.05, 0.1) is 0 Å². The standard InChI is InChI=1S/2C5H9O.C5H5.C2H5.Hf/c2*1-2-3-4-5-6;1-2-4-5-3-1;1-2;/h2*2H,1,3-5H2;1-3H,4H2;1H2,2H3;/q4*-1;+4. The van der Waals surface area contributed by atoms with Gasteiger partial charge in [0.25, 0.3) is 0 Å². The van der Waals surface area contributed by atoms with Crippen molar-refractivity contribution in [3.05, 3.63) is 56.5 Å². The molecule has 0 spiro atoms. The zero-order chi connectivity index (χ0) is 15.2. The molecule has 0 unspecified atom stereocenters. The second-order valence-corrected chi connectivity index (χ2v) is 3.27. The van der Waals surface area contributed by atoms with Gasteiger partial charge < -0.3 is 17.1 Å². The molecule has 112 valence electrons. The maximum absolute atomic E-state index is 9.64. The number of allylic oxidation sites excluding steroid dienone is 6. The van der Waals surface area contributed by atoms with Crippen LogP contribution < -0.4 is 10.2 Å². The molecule has 2 nitrogen and oxygen atoms in total. The molecule has 0 amide bonds. The molecule has 0 aromatic heterocycles. The van der Waals surface area contributed by atoms with Crippen LogP contribution in [0.3, 0.4) is 0 Å². The summed E-state index contributed by atoms with van der Waals surface area (Å²) in [6.07, 6.45) is 16.7. The van der Waals surface area contributed by atoms with Crippen molar-refractivity contribution in [2.75, 3.05) is 13.2 Å². The van der Waals surface area contributed by atoms with Crippen LogP contribution in [0.5, 0.6) is 0 Å². The summed E-state index contributed by atoms with van der Waals surface area (Å²) in [5.74, 6) is 0. The Morgan fingerprint density at radius 2 is 1.55 bits per heavy atom. The molecule has 1 aliphatic carbocycles. The van der Waals surface area contributed by atoms with Gasteiger partial charge in [-0.15, -0.1) is 32.8 Å². The summed E-state index contributed by atoms with van der Waals surface area (Å²) in [5.41, 5.74) is 0. The Balaban J connectivity index is -0.0000000883. The normalized spacial score (nSPS) is 9.60. The van der Waals surface area contributed by atoms with E-state index in [1.807, 2.05) is 12.2 Å². The second-order valence-electron chi connectivity index (χ2n) is 3.27. The summed E-state index contributed by atoms with van der Waals surface area (Å²) in [5, 5.41) is 19.3. The third-order valence-electron chi connectivity index (χ3n) is 1.69. The van der Waals surface area contributed by atoms with Crippen molar-refractivity contribution in [1.82, 2.24) is 0 Å². The molecule has 1 aliphatic rings. The van der Waals surface area contributed by atoms with Crippen LogP contribution in [0.2, 0.25) is 0 Å². The van der Waals surface area contributed by atoms with E-state index in [0.717, 1.165) is 32.1 Å². The molecular formula is C17H28HfO2. The molecule has 0 bridgehead atoms. The van der Waals surface area contributed by atoms with Crippen molar-refractivity contribution in [3.63, 3.8) is 0 Å². The van der Waals surface area contributed by atoms with Gasteiger partial charge in [0.2, 0.25) is 0 Å². The second kappa shape index (κ2) is 36.3. The van der Waals surface area contributed by atoms with E-state index in [0.29, 0.717) is 0 Å². The summed E-state index contributed by atoms with van der Waals surface area (Å²) < 4.78 is 0. The molecule has 0 N–H and O–H groups in total. The van der Waals surface area contributed by atoms with Crippen LogP contribution in [0.4, 0.5) is 0 Å². The minimum Gasteiger partial charge on any atom is -0.854 e. The van der Waals surface area contributed by atoms with Crippen LogP contribution in [0, 0.1) is 13.0 Å². The van der Waals surface area contributed by atoms with E-state index in [-0.39, 0.29) is 39.1 Å². The quantitative estimate of drug-likeness (QED) is 0.275. The number of hydrogen-bond donors (Lipinski definition) is 0. The van der Waals surface area contributed by atoms with Gasteiger partial charge in [-0.2, -0.15) is 13.0 Å². The molecule has 3 heteroatoms. The number of unbranched alkanes of at least 4 members (excludes halogenated alkanes) is 2. The Bertz CT molecular complexity index is 189.